The summed E-state index contributed by atoms with van der Waals surface area (Å²) < 4.78 is 60.9. The lowest BCUT2D eigenvalue weighted by atomic mass is 10.3. The lowest BCUT2D eigenvalue weighted by molar-refractivity contribution is -0.172. The average Bonchev–Trinajstić information content (AvgIpc) is 2.92. The molecule has 0 bridgehead atoms. The van der Waals surface area contributed by atoms with Crippen LogP contribution >= 0.6 is 0 Å². The lowest BCUT2D eigenvalue weighted by Crippen LogP contribution is -2.31. The minimum absolute atomic E-state index is 0.0351. The summed E-state index contributed by atoms with van der Waals surface area (Å²) in [4.78, 5) is 19.8. The number of methoxy groups -OCH3 is 2. The van der Waals surface area contributed by atoms with E-state index in [1.807, 2.05) is 0 Å². The fourth-order valence-electron chi connectivity index (χ4n) is 3.01. The van der Waals surface area contributed by atoms with E-state index in [1.165, 1.54) is 38.5 Å². The Hall–Kier alpha value is -4.14. The van der Waals surface area contributed by atoms with Gasteiger partial charge in [-0.3, -0.25) is 4.72 Å². The van der Waals surface area contributed by atoms with Crippen LogP contribution in [0.25, 0.3) is 0 Å². The van der Waals surface area contributed by atoms with Crippen LogP contribution < -0.4 is 23.7 Å². The van der Waals surface area contributed by atoms with Gasteiger partial charge in [0.15, 0.2) is 17.3 Å². The Morgan fingerprint density at radius 1 is 1.08 bits per heavy atom. The summed E-state index contributed by atoms with van der Waals surface area (Å²) in [6, 6.07) is 12.0. The summed E-state index contributed by atoms with van der Waals surface area (Å²) in [6.45, 7) is 1.29. The second-order valence-corrected chi connectivity index (χ2v) is 8.88. The Labute approximate surface area is 219 Å². The van der Waals surface area contributed by atoms with Crippen LogP contribution in [-0.4, -0.2) is 69.8 Å². The Kier molecular flexibility index (Phi) is 10.0. The SMILES string of the molecule is CCOC(=O)C(OC)Oc1cccc(S(=O)(=O)Nc2ncnc(OCCO)c2Oc2ccccc2OC)c1. The van der Waals surface area contributed by atoms with Crippen LogP contribution in [0.4, 0.5) is 5.82 Å². The summed E-state index contributed by atoms with van der Waals surface area (Å²) in [7, 11) is -1.58. The van der Waals surface area contributed by atoms with Gasteiger partial charge in [-0.25, -0.2) is 18.2 Å². The number of aliphatic hydroxyl groups is 1. The Balaban J connectivity index is 1.94. The predicted octanol–water partition coefficient (Wildman–Crippen LogP) is 2.36. The fraction of sp³-hybridized carbons (Fsp3) is 0.292. The zero-order valence-corrected chi connectivity index (χ0v) is 21.6. The van der Waals surface area contributed by atoms with Gasteiger partial charge in [0.2, 0.25) is 5.75 Å². The molecule has 0 aliphatic rings. The number of benzene rings is 2. The normalized spacial score (nSPS) is 11.8. The molecule has 0 amide bonds. The molecule has 0 saturated heterocycles. The van der Waals surface area contributed by atoms with Gasteiger partial charge in [-0.15, -0.1) is 0 Å². The topological polar surface area (TPSA) is 165 Å². The molecular weight excluding hydrogens is 522 g/mol. The molecule has 1 unspecified atom stereocenters. The first-order valence-electron chi connectivity index (χ1n) is 11.2. The van der Waals surface area contributed by atoms with Gasteiger partial charge in [0, 0.05) is 13.2 Å². The molecule has 14 heteroatoms. The highest BCUT2D eigenvalue weighted by atomic mass is 32.2. The number of hydrogen-bond donors (Lipinski definition) is 2. The third-order valence-electron chi connectivity index (χ3n) is 4.67. The van der Waals surface area contributed by atoms with E-state index in [2.05, 4.69) is 14.7 Å². The monoisotopic (exact) mass is 549 g/mol. The standard InChI is InChI=1S/C24H27N3O10S/c1-4-34-23(29)24(33-3)36-16-8-7-9-17(14-16)38(30,31)27-21-20(22(26-15-25-21)35-13-12-28)37-19-11-6-5-10-18(19)32-2/h5-11,14-15,24,28H,4,12-13H2,1-3H3,(H,25,26,27). The van der Waals surface area contributed by atoms with E-state index < -0.39 is 22.3 Å². The molecule has 0 radical (unpaired) electrons. The van der Waals surface area contributed by atoms with Crippen molar-refractivity contribution >= 4 is 21.8 Å². The van der Waals surface area contributed by atoms with Crippen molar-refractivity contribution in [1.82, 2.24) is 9.97 Å². The molecule has 3 rings (SSSR count). The van der Waals surface area contributed by atoms with Crippen LogP contribution in [0.1, 0.15) is 6.92 Å². The average molecular weight is 550 g/mol. The first kappa shape index (κ1) is 28.4. The number of carbonyl (C=O) groups is 1. The molecule has 13 nitrogen and oxygen atoms in total. The number of ether oxygens (including phenoxy) is 6. The number of nitrogens with zero attached hydrogens (tertiary/aromatic N) is 2. The van der Waals surface area contributed by atoms with Crippen LogP contribution in [0.2, 0.25) is 0 Å². The largest absolute Gasteiger partial charge is 0.493 e. The number of hydrogen-bond acceptors (Lipinski definition) is 12. The number of carbonyl (C=O) groups excluding carboxylic acids is 1. The van der Waals surface area contributed by atoms with Gasteiger partial charge in [-0.05, 0) is 31.2 Å². The number of esters is 1. The number of rotatable bonds is 14. The molecule has 1 heterocycles. The van der Waals surface area contributed by atoms with Crippen molar-refractivity contribution in [3.63, 3.8) is 0 Å². The van der Waals surface area contributed by atoms with E-state index in [4.69, 9.17) is 28.4 Å². The minimum Gasteiger partial charge on any atom is -0.493 e. The fourth-order valence-corrected chi connectivity index (χ4v) is 4.05. The van der Waals surface area contributed by atoms with Crippen molar-refractivity contribution in [1.29, 1.82) is 0 Å². The van der Waals surface area contributed by atoms with E-state index in [1.54, 1.807) is 31.2 Å². The van der Waals surface area contributed by atoms with E-state index in [0.717, 1.165) is 6.33 Å². The molecule has 3 aromatic rings. The molecule has 0 aliphatic carbocycles. The summed E-state index contributed by atoms with van der Waals surface area (Å²) in [5.74, 6) is -0.665. The van der Waals surface area contributed by atoms with Crippen molar-refractivity contribution in [2.45, 2.75) is 18.1 Å². The van der Waals surface area contributed by atoms with Gasteiger partial charge in [-0.1, -0.05) is 18.2 Å². The first-order chi connectivity index (χ1) is 18.3. The number of nitrogens with one attached hydrogen (secondary N) is 1. The van der Waals surface area contributed by atoms with Crippen molar-refractivity contribution in [3.8, 4) is 28.9 Å². The minimum atomic E-state index is -4.27. The van der Waals surface area contributed by atoms with Crippen LogP contribution in [0.5, 0.6) is 28.9 Å². The number of para-hydroxylation sites is 2. The highest BCUT2D eigenvalue weighted by molar-refractivity contribution is 7.92. The van der Waals surface area contributed by atoms with Crippen LogP contribution in [0.15, 0.2) is 59.8 Å². The molecular formula is C24H27N3O10S. The highest BCUT2D eigenvalue weighted by Gasteiger charge is 2.25. The highest BCUT2D eigenvalue weighted by Crippen LogP contribution is 2.39. The zero-order chi connectivity index (χ0) is 27.5. The summed E-state index contributed by atoms with van der Waals surface area (Å²) in [6.07, 6.45) is -0.323. The van der Waals surface area contributed by atoms with Gasteiger partial charge in [0.05, 0.1) is 25.2 Å². The van der Waals surface area contributed by atoms with Crippen molar-refractivity contribution in [3.05, 3.63) is 54.9 Å². The van der Waals surface area contributed by atoms with E-state index in [-0.39, 0.29) is 53.7 Å². The number of sulfonamides is 1. The lowest BCUT2D eigenvalue weighted by Gasteiger charge is -2.17. The van der Waals surface area contributed by atoms with Crippen LogP contribution in [-0.2, 0) is 24.3 Å². The summed E-state index contributed by atoms with van der Waals surface area (Å²) >= 11 is 0. The molecule has 0 aliphatic heterocycles. The van der Waals surface area contributed by atoms with Crippen molar-refractivity contribution in [2.75, 3.05) is 38.8 Å². The van der Waals surface area contributed by atoms with Gasteiger partial charge in [0.1, 0.15) is 18.7 Å². The smallest absolute Gasteiger partial charge is 0.376 e. The van der Waals surface area contributed by atoms with E-state index in [0.29, 0.717) is 5.75 Å². The Morgan fingerprint density at radius 2 is 1.84 bits per heavy atom. The van der Waals surface area contributed by atoms with Gasteiger partial charge >= 0.3 is 5.97 Å². The molecule has 2 N–H and O–H groups in total. The Morgan fingerprint density at radius 3 is 2.53 bits per heavy atom. The van der Waals surface area contributed by atoms with Crippen LogP contribution in [0, 0.1) is 0 Å². The summed E-state index contributed by atoms with van der Waals surface area (Å²) in [5, 5.41) is 9.17. The molecule has 0 fully saturated rings. The van der Waals surface area contributed by atoms with Crippen molar-refractivity contribution in [2.24, 2.45) is 0 Å². The van der Waals surface area contributed by atoms with E-state index in [9.17, 15) is 18.3 Å². The molecule has 1 atom stereocenters. The second kappa shape index (κ2) is 13.4. The third-order valence-corrected chi connectivity index (χ3v) is 6.00. The molecule has 0 spiro atoms. The maximum absolute atomic E-state index is 13.3. The van der Waals surface area contributed by atoms with Gasteiger partial charge in [-0.2, -0.15) is 4.98 Å². The van der Waals surface area contributed by atoms with Crippen molar-refractivity contribution < 1.29 is 46.7 Å². The molecule has 1 aromatic heterocycles. The maximum Gasteiger partial charge on any atom is 0.376 e. The van der Waals surface area contributed by atoms with E-state index >= 15 is 0 Å². The maximum atomic E-state index is 13.3. The second-order valence-electron chi connectivity index (χ2n) is 7.20. The predicted molar refractivity (Wildman–Crippen MR) is 133 cm³/mol. The number of aliphatic hydroxyl groups excluding tert-OH is 1. The quantitative estimate of drug-likeness (QED) is 0.223. The summed E-state index contributed by atoms with van der Waals surface area (Å²) in [5.41, 5.74) is 0. The molecule has 204 valence electrons. The van der Waals surface area contributed by atoms with Gasteiger partial charge in [0.25, 0.3) is 22.2 Å². The Bertz CT molecular complexity index is 1340. The molecule has 2 aromatic carbocycles. The molecule has 0 saturated carbocycles. The first-order valence-corrected chi connectivity index (χ1v) is 12.7. The number of aromatic nitrogens is 2. The number of anilines is 1. The van der Waals surface area contributed by atoms with Gasteiger partial charge < -0.3 is 33.5 Å². The third kappa shape index (κ3) is 7.21. The molecule has 38 heavy (non-hydrogen) atoms. The zero-order valence-electron chi connectivity index (χ0n) is 20.8. The van der Waals surface area contributed by atoms with Crippen LogP contribution in [0.3, 0.4) is 0 Å².